The van der Waals surface area contributed by atoms with Gasteiger partial charge >= 0.3 is 36.0 Å². The van der Waals surface area contributed by atoms with E-state index in [2.05, 4.69) is 0 Å². The second-order valence-electron chi connectivity index (χ2n) is 13.8. The summed E-state index contributed by atoms with van der Waals surface area (Å²) in [5, 5.41) is 19.1. The first-order valence-electron chi connectivity index (χ1n) is 13.7. The number of aliphatic hydroxyl groups is 2. The molecule has 4 saturated carbocycles. The van der Waals surface area contributed by atoms with E-state index in [1.165, 1.54) is 13.8 Å². The van der Waals surface area contributed by atoms with Crippen molar-refractivity contribution in [2.24, 2.45) is 33.5 Å². The van der Waals surface area contributed by atoms with Crippen LogP contribution in [0.4, 0.5) is 61.5 Å². The van der Waals surface area contributed by atoms with Gasteiger partial charge in [0.1, 0.15) is 0 Å². The number of alkyl halides is 14. The van der Waals surface area contributed by atoms with Crippen molar-refractivity contribution < 1.29 is 97.8 Å². The molecule has 0 saturated heterocycles. The fourth-order valence-corrected chi connectivity index (χ4v) is 7.27. The maximum Gasteiger partial charge on any atom is 0.460 e. The largest absolute Gasteiger partial charge is 0.506 e. The van der Waals surface area contributed by atoms with Crippen LogP contribution in [0.3, 0.4) is 0 Å². The van der Waals surface area contributed by atoms with Gasteiger partial charge in [0, 0.05) is 38.5 Å². The summed E-state index contributed by atoms with van der Waals surface area (Å²) < 4.78 is 181. The third kappa shape index (κ3) is 5.03. The molecule has 0 aliphatic heterocycles. The minimum Gasteiger partial charge on any atom is -0.506 e. The SMILES string of the molecule is CC12CCC(/C(=C(/O)C(F)(F)C(F)(F)C(F)(F)F)C1=O)C2(C)C.CC12CCC(/C(=C(/O)C(F)(F)C(F)(F)C(F)(F)F)C1=O)C2(C)C.[Ni]. The van der Waals surface area contributed by atoms with E-state index < -0.39 is 104 Å². The van der Waals surface area contributed by atoms with Gasteiger partial charge in [-0.3, -0.25) is 9.59 Å². The van der Waals surface area contributed by atoms with Gasteiger partial charge in [0.2, 0.25) is 0 Å². The number of halogens is 14. The van der Waals surface area contributed by atoms with Crippen LogP contribution in [0.1, 0.15) is 67.2 Å². The summed E-state index contributed by atoms with van der Waals surface area (Å²) in [5.41, 5.74) is -6.20. The van der Waals surface area contributed by atoms with Gasteiger partial charge in [0.15, 0.2) is 23.1 Å². The zero-order valence-electron chi connectivity index (χ0n) is 25.3. The Labute approximate surface area is 268 Å². The maximum atomic E-state index is 13.7. The molecule has 4 bridgehead atoms. The summed E-state index contributed by atoms with van der Waals surface area (Å²) in [6.45, 7) is 9.06. The molecule has 0 amide bonds. The molecule has 0 aromatic rings. The van der Waals surface area contributed by atoms with E-state index in [9.17, 15) is 81.3 Å². The van der Waals surface area contributed by atoms with Crippen LogP contribution in [-0.2, 0) is 26.1 Å². The van der Waals surface area contributed by atoms with Gasteiger partial charge in [-0.15, -0.1) is 0 Å². The second-order valence-corrected chi connectivity index (χ2v) is 13.8. The van der Waals surface area contributed by atoms with Gasteiger partial charge in [-0.25, -0.2) is 0 Å². The van der Waals surface area contributed by atoms with Crippen molar-refractivity contribution in [1.29, 1.82) is 0 Å². The third-order valence-corrected chi connectivity index (χ3v) is 11.2. The molecule has 274 valence electrons. The molecule has 19 heteroatoms. The number of hydrogen-bond acceptors (Lipinski definition) is 4. The quantitative estimate of drug-likeness (QED) is 0.130. The van der Waals surface area contributed by atoms with Crippen molar-refractivity contribution >= 4 is 11.6 Å². The van der Waals surface area contributed by atoms with Crippen LogP contribution in [0.5, 0.6) is 0 Å². The van der Waals surface area contributed by atoms with E-state index >= 15 is 0 Å². The smallest absolute Gasteiger partial charge is 0.460 e. The molecular formula is C28H30F14NiO4. The van der Waals surface area contributed by atoms with E-state index in [1.54, 1.807) is 27.7 Å². The van der Waals surface area contributed by atoms with Crippen molar-refractivity contribution in [2.75, 3.05) is 0 Å². The number of ketones is 2. The standard InChI is InChI=1S/2C14H15F7O2.Ni/c2*1-10(2)6-4-5-11(10,3)8(22)7(6)9(23)12(15,16)13(17,18)14(19,20)21;/h2*6,23H,4-5H2,1-3H3;/b2*9-7-;. The first-order chi connectivity index (χ1) is 20.1. The van der Waals surface area contributed by atoms with Gasteiger partial charge < -0.3 is 10.2 Å². The number of allylic oxidation sites excluding steroid dienone is 4. The molecule has 4 atom stereocenters. The number of carbonyl (C=O) groups is 2. The van der Waals surface area contributed by atoms with Gasteiger partial charge in [0.05, 0.1) is 0 Å². The molecule has 4 unspecified atom stereocenters. The summed E-state index contributed by atoms with van der Waals surface area (Å²) in [5.74, 6) is -33.7. The van der Waals surface area contributed by atoms with Crippen LogP contribution in [0.2, 0.25) is 0 Å². The fraction of sp³-hybridized carbons (Fsp3) is 0.786. The van der Waals surface area contributed by atoms with E-state index in [-0.39, 0.29) is 29.3 Å². The molecule has 0 aromatic heterocycles. The Balaban J connectivity index is 0.000000320. The van der Waals surface area contributed by atoms with Crippen LogP contribution >= 0.6 is 0 Å². The topological polar surface area (TPSA) is 74.6 Å². The molecule has 0 spiro atoms. The Morgan fingerprint density at radius 1 is 0.553 bits per heavy atom. The van der Waals surface area contributed by atoms with Crippen molar-refractivity contribution in [1.82, 2.24) is 0 Å². The predicted octanol–water partition coefficient (Wildman–Crippen LogP) is 9.31. The van der Waals surface area contributed by atoms with Crippen molar-refractivity contribution in [3.8, 4) is 0 Å². The normalized spacial score (nSPS) is 32.6. The number of aliphatic hydroxyl groups excluding tert-OH is 2. The molecule has 4 rings (SSSR count). The Kier molecular flexibility index (Phi) is 9.59. The van der Waals surface area contributed by atoms with E-state index in [1.807, 2.05) is 0 Å². The molecule has 2 N–H and O–H groups in total. The number of hydrogen-bond donors (Lipinski definition) is 2. The zero-order valence-corrected chi connectivity index (χ0v) is 26.3. The fourth-order valence-electron chi connectivity index (χ4n) is 7.27. The molecular weight excluding hydrogens is 725 g/mol. The molecule has 4 nitrogen and oxygen atoms in total. The van der Waals surface area contributed by atoms with Crippen LogP contribution in [0.25, 0.3) is 0 Å². The van der Waals surface area contributed by atoms with Gasteiger partial charge in [-0.2, -0.15) is 61.5 Å². The second kappa shape index (κ2) is 11.0. The Morgan fingerprint density at radius 3 is 0.957 bits per heavy atom. The van der Waals surface area contributed by atoms with Crippen molar-refractivity contribution in [3.63, 3.8) is 0 Å². The van der Waals surface area contributed by atoms with E-state index in [0.717, 1.165) is 0 Å². The van der Waals surface area contributed by atoms with Gasteiger partial charge in [0.25, 0.3) is 0 Å². The average Bonchev–Trinajstić information content (AvgIpc) is 3.37. The van der Waals surface area contributed by atoms with E-state index in [4.69, 9.17) is 0 Å². The molecule has 4 fully saturated rings. The van der Waals surface area contributed by atoms with Crippen LogP contribution in [0, 0.1) is 33.5 Å². The first-order valence-corrected chi connectivity index (χ1v) is 13.7. The number of fused-ring (bicyclic) bond motifs is 4. The Bertz CT molecular complexity index is 1290. The van der Waals surface area contributed by atoms with Crippen molar-refractivity contribution in [2.45, 2.75) is 103 Å². The molecule has 0 aromatic carbocycles. The Hall–Kier alpha value is -2.07. The van der Waals surface area contributed by atoms with Crippen molar-refractivity contribution in [3.05, 3.63) is 22.7 Å². The minimum absolute atomic E-state index is 0. The number of Topliss-reactive ketones (excluding diaryl/α,β-unsaturated/α-hetero) is 2. The molecule has 0 radical (unpaired) electrons. The molecule has 4 aliphatic carbocycles. The van der Waals surface area contributed by atoms with Gasteiger partial charge in [-0.1, -0.05) is 41.5 Å². The zero-order chi connectivity index (χ0) is 36.4. The third-order valence-electron chi connectivity index (χ3n) is 11.2. The first kappa shape index (κ1) is 41.1. The molecule has 47 heavy (non-hydrogen) atoms. The monoisotopic (exact) mass is 754 g/mol. The van der Waals surface area contributed by atoms with Gasteiger partial charge in [-0.05, 0) is 48.3 Å². The molecule has 0 heterocycles. The van der Waals surface area contributed by atoms with Crippen LogP contribution in [0.15, 0.2) is 22.7 Å². The van der Waals surface area contributed by atoms with Crippen LogP contribution < -0.4 is 0 Å². The number of carbonyl (C=O) groups excluding carboxylic acids is 2. The summed E-state index contributed by atoms with van der Waals surface area (Å²) in [7, 11) is 0. The Morgan fingerprint density at radius 2 is 0.787 bits per heavy atom. The average molecular weight is 755 g/mol. The van der Waals surface area contributed by atoms with Crippen LogP contribution in [-0.4, -0.2) is 57.8 Å². The predicted molar refractivity (Wildman–Crippen MR) is 130 cm³/mol. The summed E-state index contributed by atoms with van der Waals surface area (Å²) >= 11 is 0. The number of rotatable bonds is 4. The summed E-state index contributed by atoms with van der Waals surface area (Å²) in [6, 6.07) is 0. The minimum atomic E-state index is -6.56. The summed E-state index contributed by atoms with van der Waals surface area (Å²) in [4.78, 5) is 24.6. The maximum absolute atomic E-state index is 13.7. The summed E-state index contributed by atoms with van der Waals surface area (Å²) in [6.07, 6.45) is -12.2. The molecule has 4 aliphatic rings. The van der Waals surface area contributed by atoms with E-state index in [0.29, 0.717) is 12.8 Å².